The van der Waals surface area contributed by atoms with Crippen molar-refractivity contribution >= 4 is 17.9 Å². The van der Waals surface area contributed by atoms with E-state index in [1.807, 2.05) is 78.9 Å². The molecule has 2 atom stereocenters. The van der Waals surface area contributed by atoms with Crippen LogP contribution in [-0.2, 0) is 20.9 Å². The summed E-state index contributed by atoms with van der Waals surface area (Å²) in [5, 5.41) is 2.63. The van der Waals surface area contributed by atoms with Crippen LogP contribution in [0.4, 0.5) is 4.79 Å². The molecule has 0 aliphatic rings. The maximum atomic E-state index is 12.3. The highest BCUT2D eigenvalue weighted by atomic mass is 16.5. The molecule has 0 heterocycles. The Morgan fingerprint density at radius 3 is 1.64 bits per heavy atom. The molecular weight excluding hydrogens is 456 g/mol. The van der Waals surface area contributed by atoms with E-state index in [0.717, 1.165) is 11.1 Å². The van der Waals surface area contributed by atoms with Gasteiger partial charge in [-0.15, -0.1) is 0 Å². The zero-order chi connectivity index (χ0) is 26.5. The van der Waals surface area contributed by atoms with Crippen LogP contribution in [0.25, 0.3) is 0 Å². The van der Waals surface area contributed by atoms with Gasteiger partial charge in [-0.1, -0.05) is 91.0 Å². The average Bonchev–Trinajstić information content (AvgIpc) is 2.91. The maximum absolute atomic E-state index is 12.3. The summed E-state index contributed by atoms with van der Waals surface area (Å²) < 4.78 is 5.19. The fourth-order valence-corrected chi connectivity index (χ4v) is 3.16. The van der Waals surface area contributed by atoms with Crippen LogP contribution in [0.2, 0.25) is 0 Å². The summed E-state index contributed by atoms with van der Waals surface area (Å²) >= 11 is 0. The Labute approximate surface area is 212 Å². The SMILES string of the molecule is CN(C)C(=O)[C@@H](N)c1ccccc1.CN(C)C(=O)[C@@H](NC(=O)OCc1ccccc1)c1ccccc1. The number of benzene rings is 3. The zero-order valence-corrected chi connectivity index (χ0v) is 21.1. The van der Waals surface area contributed by atoms with Crippen molar-refractivity contribution in [2.45, 2.75) is 18.7 Å². The molecule has 0 spiro atoms. The van der Waals surface area contributed by atoms with E-state index in [9.17, 15) is 14.4 Å². The Hall–Kier alpha value is -4.17. The van der Waals surface area contributed by atoms with Gasteiger partial charge in [0.05, 0.1) is 0 Å². The van der Waals surface area contributed by atoms with Gasteiger partial charge in [-0.25, -0.2) is 4.79 Å². The van der Waals surface area contributed by atoms with Crippen molar-refractivity contribution in [3.8, 4) is 0 Å². The van der Waals surface area contributed by atoms with Crippen LogP contribution >= 0.6 is 0 Å². The Kier molecular flexibility index (Phi) is 11.1. The fourth-order valence-electron chi connectivity index (χ4n) is 3.16. The molecule has 0 aromatic heterocycles. The van der Waals surface area contributed by atoms with Gasteiger partial charge in [-0.2, -0.15) is 0 Å². The Bertz CT molecular complexity index is 1090. The first-order valence-corrected chi connectivity index (χ1v) is 11.5. The number of nitrogens with two attached hydrogens (primary N) is 1. The largest absolute Gasteiger partial charge is 0.445 e. The predicted octanol–water partition coefficient (Wildman–Crippen LogP) is 3.52. The molecule has 8 nitrogen and oxygen atoms in total. The van der Waals surface area contributed by atoms with Gasteiger partial charge >= 0.3 is 6.09 Å². The lowest BCUT2D eigenvalue weighted by atomic mass is 10.1. The Morgan fingerprint density at radius 2 is 1.17 bits per heavy atom. The van der Waals surface area contributed by atoms with Gasteiger partial charge in [0.2, 0.25) is 11.8 Å². The first-order valence-electron chi connectivity index (χ1n) is 11.5. The Balaban J connectivity index is 0.000000297. The molecule has 190 valence electrons. The minimum Gasteiger partial charge on any atom is -0.445 e. The molecular formula is C28H34N4O4. The van der Waals surface area contributed by atoms with Crippen LogP contribution in [-0.4, -0.2) is 55.9 Å². The van der Waals surface area contributed by atoms with E-state index in [1.54, 1.807) is 40.3 Å². The molecule has 0 unspecified atom stereocenters. The van der Waals surface area contributed by atoms with Crippen molar-refractivity contribution in [2.24, 2.45) is 5.73 Å². The summed E-state index contributed by atoms with van der Waals surface area (Å²) in [6.07, 6.45) is -0.627. The van der Waals surface area contributed by atoms with Crippen LogP contribution in [0.3, 0.4) is 0 Å². The van der Waals surface area contributed by atoms with E-state index in [-0.39, 0.29) is 18.4 Å². The van der Waals surface area contributed by atoms with Gasteiger partial charge < -0.3 is 25.6 Å². The number of hydrogen-bond donors (Lipinski definition) is 2. The molecule has 3 rings (SSSR count). The van der Waals surface area contributed by atoms with E-state index < -0.39 is 18.2 Å². The molecule has 0 aliphatic carbocycles. The van der Waals surface area contributed by atoms with Crippen LogP contribution in [0.1, 0.15) is 28.8 Å². The number of nitrogens with zero attached hydrogens (tertiary/aromatic N) is 2. The molecule has 0 fully saturated rings. The third-order valence-corrected chi connectivity index (χ3v) is 5.16. The first-order chi connectivity index (χ1) is 17.2. The van der Waals surface area contributed by atoms with Gasteiger partial charge in [-0.05, 0) is 16.7 Å². The van der Waals surface area contributed by atoms with Gasteiger partial charge in [0.15, 0.2) is 0 Å². The Morgan fingerprint density at radius 1 is 0.722 bits per heavy atom. The summed E-state index contributed by atoms with van der Waals surface area (Å²) in [4.78, 5) is 38.7. The van der Waals surface area contributed by atoms with E-state index >= 15 is 0 Å². The number of rotatable bonds is 7. The lowest BCUT2D eigenvalue weighted by molar-refractivity contribution is -0.131. The number of carbonyl (C=O) groups is 3. The highest BCUT2D eigenvalue weighted by Crippen LogP contribution is 2.15. The number of nitrogens with one attached hydrogen (secondary N) is 1. The molecule has 3 N–H and O–H groups in total. The van der Waals surface area contributed by atoms with Crippen molar-refractivity contribution in [1.82, 2.24) is 15.1 Å². The summed E-state index contributed by atoms with van der Waals surface area (Å²) in [6.45, 7) is 0.157. The van der Waals surface area contributed by atoms with Crippen LogP contribution in [0.15, 0.2) is 91.0 Å². The standard InChI is InChI=1S/C18H20N2O3.C10H14N2O/c1-20(2)17(21)16(15-11-7-4-8-12-15)19-18(22)23-13-14-9-5-3-6-10-14;1-12(2)10(13)9(11)8-6-4-3-5-7-8/h3-12,16H,13H2,1-2H3,(H,19,22);3-7,9H,11H2,1-2H3/t16-;9-/m00/s1. The second-order valence-electron chi connectivity index (χ2n) is 8.40. The van der Waals surface area contributed by atoms with Crippen LogP contribution in [0, 0.1) is 0 Å². The smallest absolute Gasteiger partial charge is 0.408 e. The quantitative estimate of drug-likeness (QED) is 0.527. The average molecular weight is 491 g/mol. The van der Waals surface area contributed by atoms with Crippen molar-refractivity contribution in [3.63, 3.8) is 0 Å². The third kappa shape index (κ3) is 8.88. The predicted molar refractivity (Wildman–Crippen MR) is 140 cm³/mol. The second kappa shape index (κ2) is 14.3. The summed E-state index contributed by atoms with van der Waals surface area (Å²) in [6, 6.07) is 26.5. The van der Waals surface area contributed by atoms with Crippen LogP contribution < -0.4 is 11.1 Å². The summed E-state index contributed by atoms with van der Waals surface area (Å²) in [5.41, 5.74) is 8.19. The molecule has 0 aliphatic heterocycles. The monoisotopic (exact) mass is 490 g/mol. The number of carbonyl (C=O) groups excluding carboxylic acids is 3. The van der Waals surface area contributed by atoms with Crippen molar-refractivity contribution in [2.75, 3.05) is 28.2 Å². The van der Waals surface area contributed by atoms with Gasteiger partial charge in [0, 0.05) is 28.2 Å². The van der Waals surface area contributed by atoms with E-state index in [4.69, 9.17) is 10.5 Å². The molecule has 3 aromatic rings. The third-order valence-electron chi connectivity index (χ3n) is 5.16. The van der Waals surface area contributed by atoms with Crippen LogP contribution in [0.5, 0.6) is 0 Å². The van der Waals surface area contributed by atoms with E-state index in [1.165, 1.54) is 9.80 Å². The second-order valence-corrected chi connectivity index (χ2v) is 8.40. The van der Waals surface area contributed by atoms with Crippen molar-refractivity contribution in [3.05, 3.63) is 108 Å². The van der Waals surface area contributed by atoms with Crippen molar-refractivity contribution < 1.29 is 19.1 Å². The highest BCUT2D eigenvalue weighted by Gasteiger charge is 2.24. The number of amides is 3. The number of ether oxygens (including phenoxy) is 1. The minimum absolute atomic E-state index is 0.0776. The number of hydrogen-bond acceptors (Lipinski definition) is 5. The molecule has 3 aromatic carbocycles. The highest BCUT2D eigenvalue weighted by molar-refractivity contribution is 5.86. The molecule has 8 heteroatoms. The maximum Gasteiger partial charge on any atom is 0.408 e. The molecule has 0 saturated heterocycles. The molecule has 0 bridgehead atoms. The van der Waals surface area contributed by atoms with Gasteiger partial charge in [-0.3, -0.25) is 9.59 Å². The minimum atomic E-state index is -0.769. The topological polar surface area (TPSA) is 105 Å². The molecule has 36 heavy (non-hydrogen) atoms. The molecule has 0 saturated carbocycles. The molecule has 0 radical (unpaired) electrons. The lowest BCUT2D eigenvalue weighted by Gasteiger charge is -2.21. The number of likely N-dealkylation sites (N-methyl/N-ethyl adjacent to an activating group) is 2. The summed E-state index contributed by atoms with van der Waals surface area (Å²) in [7, 11) is 6.70. The zero-order valence-electron chi connectivity index (χ0n) is 21.1. The van der Waals surface area contributed by atoms with E-state index in [2.05, 4.69) is 5.32 Å². The van der Waals surface area contributed by atoms with E-state index in [0.29, 0.717) is 5.56 Å². The molecule has 3 amide bonds. The lowest BCUT2D eigenvalue weighted by Crippen LogP contribution is -2.40. The fraction of sp³-hybridized carbons (Fsp3) is 0.250. The number of alkyl carbamates (subject to hydrolysis) is 1. The van der Waals surface area contributed by atoms with Gasteiger partial charge in [0.1, 0.15) is 18.7 Å². The van der Waals surface area contributed by atoms with Crippen molar-refractivity contribution in [1.29, 1.82) is 0 Å². The first kappa shape index (κ1) is 28.1. The normalized spacial score (nSPS) is 11.7. The summed E-state index contributed by atoms with van der Waals surface area (Å²) in [5.74, 6) is -0.293. The van der Waals surface area contributed by atoms with Gasteiger partial charge in [0.25, 0.3) is 0 Å².